The molecule has 0 bridgehead atoms. The molecule has 1 aromatic rings. The van der Waals surface area contributed by atoms with Crippen LogP contribution in [0.25, 0.3) is 0 Å². The smallest absolute Gasteiger partial charge is 0.151 e. The Morgan fingerprint density at radius 2 is 2.20 bits per heavy atom. The molecule has 0 spiro atoms. The highest BCUT2D eigenvalue weighted by molar-refractivity contribution is 7.91. The third-order valence-electron chi connectivity index (χ3n) is 3.77. The zero-order valence-corrected chi connectivity index (χ0v) is 13.1. The normalized spacial score (nSPS) is 21.2. The van der Waals surface area contributed by atoms with Gasteiger partial charge in [-0.1, -0.05) is 6.92 Å². The topological polar surface area (TPSA) is 51.5 Å². The van der Waals surface area contributed by atoms with Crippen molar-refractivity contribution >= 4 is 9.84 Å². The van der Waals surface area contributed by atoms with Gasteiger partial charge < -0.3 is 9.30 Å². The molecule has 1 fully saturated rings. The zero-order chi connectivity index (χ0) is 14.6. The summed E-state index contributed by atoms with van der Waals surface area (Å²) in [5.74, 6) is 0.522. The number of rotatable bonds is 6. The van der Waals surface area contributed by atoms with Crippen LogP contribution in [0.4, 0.5) is 0 Å². The largest absolute Gasteiger partial charge is 0.378 e. The fourth-order valence-electron chi connectivity index (χ4n) is 2.67. The van der Waals surface area contributed by atoms with Gasteiger partial charge >= 0.3 is 0 Å². The van der Waals surface area contributed by atoms with E-state index in [-0.39, 0.29) is 17.5 Å². The molecule has 5 nitrogen and oxygen atoms in total. The average molecular weight is 300 g/mol. The van der Waals surface area contributed by atoms with Gasteiger partial charge in [0.05, 0.1) is 25.0 Å². The molecular formula is C14H24N2O3S. The predicted molar refractivity (Wildman–Crippen MR) is 79.5 cm³/mol. The summed E-state index contributed by atoms with van der Waals surface area (Å²) in [5, 5.41) is 0. The summed E-state index contributed by atoms with van der Waals surface area (Å²) in [5.41, 5.74) is 1.18. The molecule has 6 heteroatoms. The number of ether oxygens (including phenoxy) is 1. The van der Waals surface area contributed by atoms with E-state index in [1.807, 2.05) is 26.2 Å². The van der Waals surface area contributed by atoms with Gasteiger partial charge in [-0.2, -0.15) is 0 Å². The number of hydrogen-bond acceptors (Lipinski definition) is 4. The first-order valence-corrected chi connectivity index (χ1v) is 8.99. The molecule has 0 amide bonds. The molecule has 2 heterocycles. The van der Waals surface area contributed by atoms with Gasteiger partial charge in [-0.25, -0.2) is 8.42 Å². The van der Waals surface area contributed by atoms with Gasteiger partial charge in [0, 0.05) is 37.8 Å². The van der Waals surface area contributed by atoms with E-state index < -0.39 is 9.84 Å². The number of morpholine rings is 1. The van der Waals surface area contributed by atoms with Crippen LogP contribution in [0.2, 0.25) is 0 Å². The van der Waals surface area contributed by atoms with Gasteiger partial charge in [0.25, 0.3) is 0 Å². The molecule has 1 atom stereocenters. The summed E-state index contributed by atoms with van der Waals surface area (Å²) in [6, 6.07) is 4.24. The molecule has 0 aliphatic carbocycles. The fourth-order valence-corrected chi connectivity index (χ4v) is 4.01. The van der Waals surface area contributed by atoms with E-state index in [2.05, 4.69) is 15.5 Å². The van der Waals surface area contributed by atoms with Crippen molar-refractivity contribution in [1.29, 1.82) is 0 Å². The third kappa shape index (κ3) is 3.84. The van der Waals surface area contributed by atoms with Crippen molar-refractivity contribution in [2.45, 2.75) is 19.4 Å². The van der Waals surface area contributed by atoms with Crippen molar-refractivity contribution in [3.63, 3.8) is 0 Å². The van der Waals surface area contributed by atoms with Crippen molar-refractivity contribution < 1.29 is 13.2 Å². The Kier molecular flexibility index (Phi) is 5.23. The molecule has 1 aromatic heterocycles. The van der Waals surface area contributed by atoms with Gasteiger partial charge in [0.1, 0.15) is 0 Å². The van der Waals surface area contributed by atoms with Crippen LogP contribution in [0.3, 0.4) is 0 Å². The first kappa shape index (κ1) is 15.5. The second kappa shape index (κ2) is 6.74. The lowest BCUT2D eigenvalue weighted by Gasteiger charge is -2.35. The Balaban J connectivity index is 2.03. The second-order valence-corrected chi connectivity index (χ2v) is 7.63. The molecule has 0 aromatic carbocycles. The van der Waals surface area contributed by atoms with E-state index in [0.717, 1.165) is 6.54 Å². The highest BCUT2D eigenvalue weighted by atomic mass is 32.2. The quantitative estimate of drug-likeness (QED) is 0.793. The molecule has 0 N–H and O–H groups in total. The van der Waals surface area contributed by atoms with Gasteiger partial charge in [-0.3, -0.25) is 4.90 Å². The fraction of sp³-hybridized carbons (Fsp3) is 0.714. The second-order valence-electron chi connectivity index (χ2n) is 5.32. The molecule has 0 radical (unpaired) electrons. The third-order valence-corrected chi connectivity index (χ3v) is 5.60. The first-order valence-electron chi connectivity index (χ1n) is 7.17. The Bertz CT molecular complexity index is 524. The lowest BCUT2D eigenvalue weighted by Crippen LogP contribution is -2.42. The molecule has 20 heavy (non-hydrogen) atoms. The molecule has 1 aliphatic rings. The van der Waals surface area contributed by atoms with Crippen LogP contribution in [0, 0.1) is 0 Å². The summed E-state index contributed by atoms with van der Waals surface area (Å²) in [7, 11) is -0.913. The van der Waals surface area contributed by atoms with E-state index in [4.69, 9.17) is 4.74 Å². The summed E-state index contributed by atoms with van der Waals surface area (Å²) >= 11 is 0. The molecule has 1 saturated heterocycles. The Morgan fingerprint density at radius 1 is 1.40 bits per heavy atom. The van der Waals surface area contributed by atoms with Crippen LogP contribution >= 0.6 is 0 Å². The summed E-state index contributed by atoms with van der Waals surface area (Å²) < 4.78 is 31.4. The number of hydrogen-bond donors (Lipinski definition) is 0. The Morgan fingerprint density at radius 3 is 2.85 bits per heavy atom. The Hall–Kier alpha value is -0.850. The SMILES string of the molecule is CCCS(=O)(=O)CCN1CCOCC1c1cccn1C. The molecule has 0 saturated carbocycles. The van der Waals surface area contributed by atoms with Crippen molar-refractivity contribution in [3.8, 4) is 0 Å². The molecule has 1 unspecified atom stereocenters. The van der Waals surface area contributed by atoms with Crippen LogP contribution in [0.15, 0.2) is 18.3 Å². The van der Waals surface area contributed by atoms with Crippen LogP contribution in [-0.2, 0) is 21.6 Å². The van der Waals surface area contributed by atoms with Crippen molar-refractivity contribution in [1.82, 2.24) is 9.47 Å². The molecule has 1 aliphatic heterocycles. The maximum atomic E-state index is 11.9. The standard InChI is InChI=1S/C14H24N2O3S/c1-3-10-20(17,18)11-8-16-7-9-19-12-14(16)13-5-4-6-15(13)2/h4-6,14H,3,7-12H2,1-2H3. The van der Waals surface area contributed by atoms with Crippen LogP contribution < -0.4 is 0 Å². The van der Waals surface area contributed by atoms with Crippen LogP contribution in [0.5, 0.6) is 0 Å². The van der Waals surface area contributed by atoms with Gasteiger partial charge in [0.2, 0.25) is 0 Å². The van der Waals surface area contributed by atoms with E-state index >= 15 is 0 Å². The van der Waals surface area contributed by atoms with Crippen molar-refractivity contribution in [3.05, 3.63) is 24.0 Å². The van der Waals surface area contributed by atoms with Gasteiger partial charge in [0.15, 0.2) is 9.84 Å². The summed E-state index contributed by atoms with van der Waals surface area (Å²) in [6.07, 6.45) is 2.70. The lowest BCUT2D eigenvalue weighted by atomic mass is 10.1. The first-order chi connectivity index (χ1) is 9.53. The summed E-state index contributed by atoms with van der Waals surface area (Å²) in [6.45, 7) is 4.58. The van der Waals surface area contributed by atoms with Crippen LogP contribution in [-0.4, -0.2) is 55.7 Å². The zero-order valence-electron chi connectivity index (χ0n) is 12.3. The van der Waals surface area contributed by atoms with E-state index in [0.29, 0.717) is 26.2 Å². The highest BCUT2D eigenvalue weighted by Gasteiger charge is 2.27. The van der Waals surface area contributed by atoms with Gasteiger partial charge in [-0.15, -0.1) is 0 Å². The molecular weight excluding hydrogens is 276 g/mol. The van der Waals surface area contributed by atoms with E-state index in [9.17, 15) is 8.42 Å². The van der Waals surface area contributed by atoms with Crippen LogP contribution in [0.1, 0.15) is 25.1 Å². The highest BCUT2D eigenvalue weighted by Crippen LogP contribution is 2.24. The number of sulfone groups is 1. The number of aromatic nitrogens is 1. The minimum atomic E-state index is -2.92. The predicted octanol–water partition coefficient (Wildman–Crippen LogP) is 1.22. The number of aryl methyl sites for hydroxylation is 1. The summed E-state index contributed by atoms with van der Waals surface area (Å²) in [4.78, 5) is 2.23. The molecule has 2 rings (SSSR count). The molecule has 114 valence electrons. The van der Waals surface area contributed by atoms with Crippen molar-refractivity contribution in [2.75, 3.05) is 37.8 Å². The minimum absolute atomic E-state index is 0.153. The van der Waals surface area contributed by atoms with E-state index in [1.54, 1.807) is 0 Å². The lowest BCUT2D eigenvalue weighted by molar-refractivity contribution is -0.00787. The Labute approximate surface area is 121 Å². The van der Waals surface area contributed by atoms with Crippen molar-refractivity contribution in [2.24, 2.45) is 7.05 Å². The maximum absolute atomic E-state index is 11.9. The monoisotopic (exact) mass is 300 g/mol. The minimum Gasteiger partial charge on any atom is -0.378 e. The van der Waals surface area contributed by atoms with Gasteiger partial charge in [-0.05, 0) is 18.6 Å². The maximum Gasteiger partial charge on any atom is 0.151 e. The van der Waals surface area contributed by atoms with E-state index in [1.165, 1.54) is 5.69 Å². The average Bonchev–Trinajstić information content (AvgIpc) is 2.83. The number of nitrogens with zero attached hydrogens (tertiary/aromatic N) is 2.